The van der Waals surface area contributed by atoms with Crippen LogP contribution in [0.1, 0.15) is 28.2 Å². The molecule has 1 fully saturated rings. The van der Waals surface area contributed by atoms with Crippen molar-refractivity contribution >= 4 is 17.5 Å². The van der Waals surface area contributed by atoms with Crippen LogP contribution in [0.5, 0.6) is 0 Å². The van der Waals surface area contributed by atoms with Gasteiger partial charge in [0.05, 0.1) is 11.4 Å². The van der Waals surface area contributed by atoms with E-state index in [1.807, 2.05) is 18.2 Å². The van der Waals surface area contributed by atoms with Gasteiger partial charge < -0.3 is 5.32 Å². The van der Waals surface area contributed by atoms with Crippen molar-refractivity contribution in [1.29, 1.82) is 0 Å². The smallest absolute Gasteiger partial charge is 0.274 e. The summed E-state index contributed by atoms with van der Waals surface area (Å²) < 4.78 is 0. The summed E-state index contributed by atoms with van der Waals surface area (Å²) in [5.41, 5.74) is 2.96. The number of hydrogen-bond donors (Lipinski definition) is 1. The van der Waals surface area contributed by atoms with Gasteiger partial charge in [-0.25, -0.2) is 0 Å². The lowest BCUT2D eigenvalue weighted by molar-refractivity contribution is 0.0931. The second-order valence-corrected chi connectivity index (χ2v) is 7.52. The van der Waals surface area contributed by atoms with Gasteiger partial charge in [-0.05, 0) is 37.1 Å². The van der Waals surface area contributed by atoms with Crippen molar-refractivity contribution in [2.45, 2.75) is 25.9 Å². The number of rotatable bonds is 5. The lowest BCUT2D eigenvalue weighted by Gasteiger charge is -2.16. The number of likely N-dealkylation sites (tertiary alicyclic amines) is 1. The fourth-order valence-corrected chi connectivity index (χ4v) is 3.68. The van der Waals surface area contributed by atoms with Crippen molar-refractivity contribution < 1.29 is 4.79 Å². The minimum Gasteiger partial charge on any atom is -0.347 e. The molecular formula is C21H22ClN5O. The third-order valence-corrected chi connectivity index (χ3v) is 5.13. The summed E-state index contributed by atoms with van der Waals surface area (Å²) >= 11 is 6.04. The molecule has 28 heavy (non-hydrogen) atoms. The molecular weight excluding hydrogens is 374 g/mol. The zero-order valence-corrected chi connectivity index (χ0v) is 16.4. The van der Waals surface area contributed by atoms with Gasteiger partial charge in [0.2, 0.25) is 0 Å². The zero-order chi connectivity index (χ0) is 19.5. The Morgan fingerprint density at radius 2 is 2.00 bits per heavy atom. The number of halogens is 1. The van der Waals surface area contributed by atoms with Crippen LogP contribution >= 0.6 is 11.6 Å². The van der Waals surface area contributed by atoms with Crippen LogP contribution in [0.2, 0.25) is 5.02 Å². The molecule has 0 spiro atoms. The fourth-order valence-electron chi connectivity index (χ4n) is 3.49. The van der Waals surface area contributed by atoms with E-state index in [0.29, 0.717) is 16.4 Å². The van der Waals surface area contributed by atoms with E-state index in [1.165, 1.54) is 10.4 Å². The molecule has 0 unspecified atom stereocenters. The third-order valence-electron chi connectivity index (χ3n) is 4.89. The second-order valence-electron chi connectivity index (χ2n) is 7.08. The van der Waals surface area contributed by atoms with Crippen molar-refractivity contribution in [3.05, 3.63) is 76.6 Å². The Kier molecular flexibility index (Phi) is 5.41. The van der Waals surface area contributed by atoms with E-state index >= 15 is 0 Å². The van der Waals surface area contributed by atoms with Gasteiger partial charge in [0.25, 0.3) is 5.91 Å². The number of aryl methyl sites for hydroxylation is 1. The summed E-state index contributed by atoms with van der Waals surface area (Å²) in [6, 6.07) is 17.7. The summed E-state index contributed by atoms with van der Waals surface area (Å²) in [7, 11) is 0. The number of hydrogen-bond acceptors (Lipinski definition) is 4. The van der Waals surface area contributed by atoms with E-state index in [9.17, 15) is 4.79 Å². The average molecular weight is 396 g/mol. The topological polar surface area (TPSA) is 63.1 Å². The van der Waals surface area contributed by atoms with Gasteiger partial charge in [-0.15, -0.1) is 5.10 Å². The molecule has 3 aromatic rings. The molecule has 0 saturated carbocycles. The zero-order valence-electron chi connectivity index (χ0n) is 15.7. The van der Waals surface area contributed by atoms with Gasteiger partial charge in [0.1, 0.15) is 0 Å². The Morgan fingerprint density at radius 3 is 2.79 bits per heavy atom. The Bertz CT molecular complexity index is 972. The Labute approximate surface area is 169 Å². The molecule has 144 valence electrons. The first-order valence-corrected chi connectivity index (χ1v) is 9.73. The summed E-state index contributed by atoms with van der Waals surface area (Å²) in [6.07, 6.45) is 0.931. The van der Waals surface area contributed by atoms with Crippen molar-refractivity contribution in [3.8, 4) is 5.69 Å². The van der Waals surface area contributed by atoms with Crippen molar-refractivity contribution in [3.63, 3.8) is 0 Å². The van der Waals surface area contributed by atoms with Crippen LogP contribution in [0.15, 0.2) is 54.6 Å². The van der Waals surface area contributed by atoms with Crippen LogP contribution in [0, 0.1) is 6.92 Å². The summed E-state index contributed by atoms with van der Waals surface area (Å²) in [5, 5.41) is 12.4. The quantitative estimate of drug-likeness (QED) is 0.720. The molecule has 2 aromatic carbocycles. The maximum atomic E-state index is 12.7. The van der Waals surface area contributed by atoms with Gasteiger partial charge in [-0.3, -0.25) is 9.69 Å². The van der Waals surface area contributed by atoms with Gasteiger partial charge in [-0.2, -0.15) is 9.90 Å². The summed E-state index contributed by atoms with van der Waals surface area (Å²) in [5.74, 6) is -0.183. The van der Waals surface area contributed by atoms with Gasteiger partial charge in [-0.1, -0.05) is 48.0 Å². The fraction of sp³-hybridized carbons (Fsp3) is 0.286. The number of nitrogens with one attached hydrogen (secondary N) is 1. The van der Waals surface area contributed by atoms with Gasteiger partial charge in [0, 0.05) is 30.7 Å². The summed E-state index contributed by atoms with van der Waals surface area (Å²) in [6.45, 7) is 4.49. The predicted octanol–water partition coefficient (Wildman–Crippen LogP) is 3.23. The normalized spacial score (nSPS) is 17.0. The van der Waals surface area contributed by atoms with E-state index in [0.717, 1.165) is 31.7 Å². The van der Waals surface area contributed by atoms with Crippen LogP contribution in [0.4, 0.5) is 0 Å². The van der Waals surface area contributed by atoms with Crippen molar-refractivity contribution in [2.75, 3.05) is 13.1 Å². The van der Waals surface area contributed by atoms with E-state index < -0.39 is 0 Å². The van der Waals surface area contributed by atoms with Crippen LogP contribution in [0.3, 0.4) is 0 Å². The van der Waals surface area contributed by atoms with Crippen LogP contribution in [-0.2, 0) is 6.54 Å². The predicted molar refractivity (Wildman–Crippen MR) is 109 cm³/mol. The molecule has 1 aliphatic heterocycles. The SMILES string of the molecule is Cc1nn(-c2cccc(Cl)c2)nc1C(=O)N[C@@H]1CCN(Cc2ccccc2)C1. The van der Waals surface area contributed by atoms with Gasteiger partial charge in [0.15, 0.2) is 5.69 Å². The number of carbonyl (C=O) groups excluding carboxylic acids is 1. The number of benzene rings is 2. The number of carbonyl (C=O) groups is 1. The maximum absolute atomic E-state index is 12.7. The molecule has 1 N–H and O–H groups in total. The highest BCUT2D eigenvalue weighted by Gasteiger charge is 2.26. The van der Waals surface area contributed by atoms with Gasteiger partial charge >= 0.3 is 0 Å². The maximum Gasteiger partial charge on any atom is 0.274 e. The largest absolute Gasteiger partial charge is 0.347 e. The highest BCUT2D eigenvalue weighted by Crippen LogP contribution is 2.16. The standard InChI is InChI=1S/C21H22ClN5O/c1-15-20(25-27(24-15)19-9-5-8-17(22)12-19)21(28)23-18-10-11-26(14-18)13-16-6-3-2-4-7-16/h2-9,12,18H,10-11,13-14H2,1H3,(H,23,28)/t18-/m1/s1. The van der Waals surface area contributed by atoms with Crippen molar-refractivity contribution in [1.82, 2.24) is 25.2 Å². The average Bonchev–Trinajstić information content (AvgIpc) is 3.29. The molecule has 0 aliphatic carbocycles. The van der Waals surface area contributed by atoms with Crippen LogP contribution < -0.4 is 5.32 Å². The van der Waals surface area contributed by atoms with Crippen molar-refractivity contribution in [2.24, 2.45) is 0 Å². The first kappa shape index (κ1) is 18.7. The Morgan fingerprint density at radius 1 is 1.18 bits per heavy atom. The Hall–Kier alpha value is -2.70. The molecule has 0 radical (unpaired) electrons. The molecule has 1 amide bonds. The first-order chi connectivity index (χ1) is 13.6. The van der Waals surface area contributed by atoms with Crippen LogP contribution in [-0.4, -0.2) is 44.9 Å². The Balaban J connectivity index is 1.39. The first-order valence-electron chi connectivity index (χ1n) is 9.35. The second kappa shape index (κ2) is 8.12. The van der Waals surface area contributed by atoms with E-state index in [1.54, 1.807) is 19.1 Å². The monoisotopic (exact) mass is 395 g/mol. The van der Waals surface area contributed by atoms with E-state index in [2.05, 4.69) is 44.7 Å². The molecule has 7 heteroatoms. The molecule has 6 nitrogen and oxygen atoms in total. The highest BCUT2D eigenvalue weighted by molar-refractivity contribution is 6.30. The molecule has 1 saturated heterocycles. The van der Waals surface area contributed by atoms with E-state index in [4.69, 9.17) is 11.6 Å². The summed E-state index contributed by atoms with van der Waals surface area (Å²) in [4.78, 5) is 16.5. The third kappa shape index (κ3) is 4.24. The minimum atomic E-state index is -0.183. The molecule has 0 bridgehead atoms. The lowest BCUT2D eigenvalue weighted by Crippen LogP contribution is -2.37. The highest BCUT2D eigenvalue weighted by atomic mass is 35.5. The molecule has 2 heterocycles. The van der Waals surface area contributed by atoms with Crippen LogP contribution in [0.25, 0.3) is 5.69 Å². The lowest BCUT2D eigenvalue weighted by atomic mass is 10.2. The molecule has 1 atom stereocenters. The van der Waals surface area contributed by atoms with E-state index in [-0.39, 0.29) is 11.9 Å². The molecule has 1 aromatic heterocycles. The number of nitrogens with zero attached hydrogens (tertiary/aromatic N) is 4. The minimum absolute atomic E-state index is 0.118. The molecule has 4 rings (SSSR count). The number of amides is 1. The number of aromatic nitrogens is 3. The molecule has 1 aliphatic rings.